The number of rotatable bonds is 4. The molecule has 1 fully saturated rings. The summed E-state index contributed by atoms with van der Waals surface area (Å²) in [6, 6.07) is 9.66. The van der Waals surface area contributed by atoms with Gasteiger partial charge in [0.2, 0.25) is 0 Å². The first kappa shape index (κ1) is 21.0. The van der Waals surface area contributed by atoms with Gasteiger partial charge in [0.25, 0.3) is 5.91 Å². The number of anilines is 2. The zero-order valence-electron chi connectivity index (χ0n) is 18.2. The summed E-state index contributed by atoms with van der Waals surface area (Å²) in [4.78, 5) is 28.1. The van der Waals surface area contributed by atoms with Gasteiger partial charge in [-0.1, -0.05) is 18.6 Å². The highest BCUT2D eigenvalue weighted by Crippen LogP contribution is 2.35. The molecule has 0 spiro atoms. The first-order chi connectivity index (χ1) is 16.0. The van der Waals surface area contributed by atoms with Crippen LogP contribution in [0.5, 0.6) is 0 Å². The van der Waals surface area contributed by atoms with E-state index in [9.17, 15) is 9.18 Å². The highest BCUT2D eigenvalue weighted by molar-refractivity contribution is 6.04. The van der Waals surface area contributed by atoms with Crippen molar-refractivity contribution in [2.24, 2.45) is 0 Å². The molecule has 33 heavy (non-hydrogen) atoms. The molecule has 8 nitrogen and oxygen atoms in total. The molecule has 1 amide bonds. The van der Waals surface area contributed by atoms with Crippen molar-refractivity contribution in [1.29, 1.82) is 0 Å². The van der Waals surface area contributed by atoms with Crippen LogP contribution < -0.4 is 11.1 Å². The largest absolute Gasteiger partial charge is 0.382 e. The number of carbonyl (C=O) groups is 1. The zero-order chi connectivity index (χ0) is 22.9. The molecule has 0 aliphatic carbocycles. The Bertz CT molecular complexity index is 1320. The van der Waals surface area contributed by atoms with Gasteiger partial charge >= 0.3 is 0 Å². The summed E-state index contributed by atoms with van der Waals surface area (Å²) < 4.78 is 15.4. The van der Waals surface area contributed by atoms with Crippen LogP contribution in [0.4, 0.5) is 16.0 Å². The van der Waals surface area contributed by atoms with E-state index in [0.29, 0.717) is 11.4 Å². The molecular formula is C24H24FN7O. The van der Waals surface area contributed by atoms with E-state index in [4.69, 9.17) is 10.7 Å². The van der Waals surface area contributed by atoms with Crippen LogP contribution in [0, 0.1) is 5.82 Å². The van der Waals surface area contributed by atoms with Gasteiger partial charge in [-0.25, -0.2) is 19.3 Å². The molecular weight excluding hydrogens is 421 g/mol. The lowest BCUT2D eigenvalue weighted by atomic mass is 10.0. The van der Waals surface area contributed by atoms with Crippen molar-refractivity contribution in [2.45, 2.75) is 25.3 Å². The molecule has 1 saturated heterocycles. The van der Waals surface area contributed by atoms with E-state index < -0.39 is 5.82 Å². The standard InChI is InChI=1S/C24H24FN7O/c1-31-12-3-2-4-18(31)23-30-20(21-22(26)28-11-13-32(21)23)15-5-7-16(8-6-15)24(33)29-19-14-17(25)9-10-27-19/h5-11,13-14,18H,2-4,12H2,1H3,(H2,26,28)(H,27,29,33). The van der Waals surface area contributed by atoms with Gasteiger partial charge in [-0.3, -0.25) is 14.1 Å². The maximum absolute atomic E-state index is 13.4. The van der Waals surface area contributed by atoms with Crippen LogP contribution in [0.15, 0.2) is 55.0 Å². The number of pyridine rings is 1. The van der Waals surface area contributed by atoms with Crippen LogP contribution in [0.2, 0.25) is 0 Å². The second-order valence-corrected chi connectivity index (χ2v) is 8.23. The fraction of sp³-hybridized carbons (Fsp3) is 0.250. The summed E-state index contributed by atoms with van der Waals surface area (Å²) in [6.45, 7) is 1.03. The lowest BCUT2D eigenvalue weighted by Gasteiger charge is -2.31. The van der Waals surface area contributed by atoms with Crippen LogP contribution in [-0.4, -0.2) is 43.8 Å². The molecule has 5 rings (SSSR count). The second-order valence-electron chi connectivity index (χ2n) is 8.23. The van der Waals surface area contributed by atoms with Gasteiger partial charge in [0.15, 0.2) is 0 Å². The molecule has 1 aliphatic heterocycles. The third-order valence-electron chi connectivity index (χ3n) is 6.06. The molecule has 4 aromatic rings. The number of fused-ring (bicyclic) bond motifs is 1. The van der Waals surface area contributed by atoms with Crippen molar-refractivity contribution in [1.82, 2.24) is 24.3 Å². The van der Waals surface area contributed by atoms with E-state index in [2.05, 4.69) is 27.2 Å². The smallest absolute Gasteiger partial charge is 0.256 e. The number of carbonyl (C=O) groups excluding carboxylic acids is 1. The molecule has 3 aromatic heterocycles. The van der Waals surface area contributed by atoms with Crippen LogP contribution in [0.25, 0.3) is 16.8 Å². The molecule has 1 aromatic carbocycles. The third kappa shape index (κ3) is 4.03. The van der Waals surface area contributed by atoms with Crippen LogP contribution in [-0.2, 0) is 0 Å². The van der Waals surface area contributed by atoms with E-state index in [1.807, 2.05) is 22.7 Å². The highest BCUT2D eigenvalue weighted by Gasteiger charge is 2.27. The van der Waals surface area contributed by atoms with Gasteiger partial charge in [-0.2, -0.15) is 0 Å². The van der Waals surface area contributed by atoms with E-state index >= 15 is 0 Å². The number of piperidine rings is 1. The van der Waals surface area contributed by atoms with Gasteiger partial charge in [-0.05, 0) is 44.6 Å². The first-order valence-electron chi connectivity index (χ1n) is 10.9. The lowest BCUT2D eigenvalue weighted by molar-refractivity contribution is 0.102. The summed E-state index contributed by atoms with van der Waals surface area (Å²) in [6.07, 6.45) is 8.26. The number of imidazole rings is 1. The minimum atomic E-state index is -0.465. The average molecular weight is 446 g/mol. The molecule has 1 atom stereocenters. The monoisotopic (exact) mass is 445 g/mol. The number of halogens is 1. The number of nitrogens with two attached hydrogens (primary N) is 1. The number of nitrogen functional groups attached to an aromatic ring is 1. The average Bonchev–Trinajstić information content (AvgIpc) is 3.20. The minimum absolute atomic E-state index is 0.157. The molecule has 0 saturated carbocycles. The van der Waals surface area contributed by atoms with Crippen molar-refractivity contribution in [3.8, 4) is 11.3 Å². The Morgan fingerprint density at radius 3 is 2.73 bits per heavy atom. The quantitative estimate of drug-likeness (QED) is 0.494. The van der Waals surface area contributed by atoms with Gasteiger partial charge in [0, 0.05) is 35.8 Å². The molecule has 0 radical (unpaired) electrons. The Hall–Kier alpha value is -3.85. The number of nitrogens with one attached hydrogen (secondary N) is 1. The highest BCUT2D eigenvalue weighted by atomic mass is 19.1. The predicted molar refractivity (Wildman–Crippen MR) is 124 cm³/mol. The fourth-order valence-electron chi connectivity index (χ4n) is 4.37. The summed E-state index contributed by atoms with van der Waals surface area (Å²) >= 11 is 0. The van der Waals surface area contributed by atoms with E-state index in [-0.39, 0.29) is 17.8 Å². The molecule has 1 aliphatic rings. The Balaban J connectivity index is 1.48. The molecule has 9 heteroatoms. The summed E-state index contributed by atoms with van der Waals surface area (Å²) in [7, 11) is 2.12. The lowest BCUT2D eigenvalue weighted by Crippen LogP contribution is -2.30. The topological polar surface area (TPSA) is 101 Å². The van der Waals surface area contributed by atoms with E-state index in [1.165, 1.54) is 24.8 Å². The van der Waals surface area contributed by atoms with Crippen molar-refractivity contribution >= 4 is 23.1 Å². The Labute approximate surface area is 190 Å². The number of nitrogens with zero attached hydrogens (tertiary/aromatic N) is 5. The number of hydrogen-bond acceptors (Lipinski definition) is 6. The fourth-order valence-corrected chi connectivity index (χ4v) is 4.37. The molecule has 168 valence electrons. The minimum Gasteiger partial charge on any atom is -0.382 e. The number of benzene rings is 1. The van der Waals surface area contributed by atoms with Crippen molar-refractivity contribution in [3.05, 3.63) is 72.2 Å². The third-order valence-corrected chi connectivity index (χ3v) is 6.06. The number of aromatic nitrogens is 4. The maximum atomic E-state index is 13.4. The summed E-state index contributed by atoms with van der Waals surface area (Å²) in [5.74, 6) is 0.663. The molecule has 3 N–H and O–H groups in total. The number of amides is 1. The predicted octanol–water partition coefficient (Wildman–Crippen LogP) is 3.92. The van der Waals surface area contributed by atoms with Crippen molar-refractivity contribution < 1.29 is 9.18 Å². The second kappa shape index (κ2) is 8.59. The Morgan fingerprint density at radius 2 is 1.97 bits per heavy atom. The molecule has 1 unspecified atom stereocenters. The van der Waals surface area contributed by atoms with Gasteiger partial charge in [0.05, 0.1) is 6.04 Å². The summed E-state index contributed by atoms with van der Waals surface area (Å²) in [5, 5.41) is 2.60. The SMILES string of the molecule is CN1CCCCC1c1nc(-c2ccc(C(=O)Nc3cc(F)ccn3)cc2)c2c(N)nccn12. The van der Waals surface area contributed by atoms with E-state index in [1.54, 1.807) is 18.3 Å². The Morgan fingerprint density at radius 1 is 1.15 bits per heavy atom. The van der Waals surface area contributed by atoms with Crippen molar-refractivity contribution in [2.75, 3.05) is 24.6 Å². The molecule has 4 heterocycles. The first-order valence-corrected chi connectivity index (χ1v) is 10.9. The van der Waals surface area contributed by atoms with Crippen LogP contribution >= 0.6 is 0 Å². The van der Waals surface area contributed by atoms with E-state index in [0.717, 1.165) is 42.0 Å². The van der Waals surface area contributed by atoms with Gasteiger partial charge in [-0.15, -0.1) is 0 Å². The number of likely N-dealkylation sites (tertiary alicyclic amines) is 1. The Kier molecular flexibility index (Phi) is 5.47. The zero-order valence-corrected chi connectivity index (χ0v) is 18.2. The number of hydrogen-bond donors (Lipinski definition) is 2. The van der Waals surface area contributed by atoms with Crippen LogP contribution in [0.1, 0.15) is 41.5 Å². The normalized spacial score (nSPS) is 16.7. The summed E-state index contributed by atoms with van der Waals surface area (Å²) in [5.41, 5.74) is 9.00. The van der Waals surface area contributed by atoms with Crippen LogP contribution in [0.3, 0.4) is 0 Å². The van der Waals surface area contributed by atoms with Crippen molar-refractivity contribution in [3.63, 3.8) is 0 Å². The molecule has 0 bridgehead atoms. The maximum Gasteiger partial charge on any atom is 0.256 e. The van der Waals surface area contributed by atoms with Gasteiger partial charge in [0.1, 0.15) is 34.5 Å². The van der Waals surface area contributed by atoms with Gasteiger partial charge < -0.3 is 11.1 Å².